The number of nitrogens with two attached hydrogens (primary N) is 1. The molecule has 0 saturated carbocycles. The molecule has 2 rings (SSSR count). The summed E-state index contributed by atoms with van der Waals surface area (Å²) >= 11 is 0. The maximum absolute atomic E-state index is 11.6. The van der Waals surface area contributed by atoms with E-state index in [1.165, 1.54) is 25.8 Å². The van der Waals surface area contributed by atoms with Crippen LogP contribution < -0.4 is 5.73 Å². The van der Waals surface area contributed by atoms with Crippen molar-refractivity contribution in [2.45, 2.75) is 44.7 Å². The molecule has 2 atom stereocenters. The first-order valence-electron chi connectivity index (χ1n) is 6.44. The summed E-state index contributed by atoms with van der Waals surface area (Å²) in [6.07, 6.45) is 4.49. The molecule has 0 aromatic rings. The lowest BCUT2D eigenvalue weighted by Gasteiger charge is -2.34. The topological polar surface area (TPSA) is 49.6 Å². The molecule has 4 nitrogen and oxygen atoms in total. The van der Waals surface area contributed by atoms with Crippen molar-refractivity contribution >= 4 is 5.91 Å². The quantitative estimate of drug-likeness (QED) is 0.757. The molecular weight excluding hydrogens is 202 g/mol. The molecule has 0 aliphatic carbocycles. The fourth-order valence-corrected chi connectivity index (χ4v) is 2.76. The molecule has 2 fully saturated rings. The third-order valence-corrected chi connectivity index (χ3v) is 3.84. The fraction of sp³-hybridized carbons (Fsp3) is 0.917. The number of carbonyl (C=O) groups excluding carboxylic acids is 1. The Hall–Kier alpha value is -0.610. The number of hydrogen-bond donors (Lipinski definition) is 1. The zero-order chi connectivity index (χ0) is 11.5. The number of carbonyl (C=O) groups is 1. The standard InChI is InChI=1S/C12H23N3O/c1-10-4-2-3-5-14(10)6-7-15-9-11(13)8-12(15)16/h10-11H,2-9,13H2,1H3. The highest BCUT2D eigenvalue weighted by molar-refractivity contribution is 5.79. The number of nitrogens with zero attached hydrogens (tertiary/aromatic N) is 2. The van der Waals surface area contributed by atoms with E-state index in [-0.39, 0.29) is 11.9 Å². The molecule has 0 radical (unpaired) electrons. The molecule has 0 aromatic heterocycles. The van der Waals surface area contributed by atoms with Gasteiger partial charge in [0.2, 0.25) is 5.91 Å². The van der Waals surface area contributed by atoms with Gasteiger partial charge in [-0.15, -0.1) is 0 Å². The lowest BCUT2D eigenvalue weighted by atomic mass is 10.0. The lowest BCUT2D eigenvalue weighted by Crippen LogP contribution is -2.43. The van der Waals surface area contributed by atoms with Gasteiger partial charge in [0, 0.05) is 38.1 Å². The highest BCUT2D eigenvalue weighted by Gasteiger charge is 2.27. The van der Waals surface area contributed by atoms with Crippen molar-refractivity contribution in [1.82, 2.24) is 9.80 Å². The highest BCUT2D eigenvalue weighted by Crippen LogP contribution is 2.16. The zero-order valence-corrected chi connectivity index (χ0v) is 10.2. The van der Waals surface area contributed by atoms with Crippen LogP contribution in [0.2, 0.25) is 0 Å². The Bertz CT molecular complexity index is 257. The number of likely N-dealkylation sites (tertiary alicyclic amines) is 2. The molecule has 2 unspecified atom stereocenters. The predicted octanol–water partition coefficient (Wildman–Crippen LogP) is 0.420. The van der Waals surface area contributed by atoms with Crippen LogP contribution in [0.25, 0.3) is 0 Å². The van der Waals surface area contributed by atoms with Crippen molar-refractivity contribution in [3.8, 4) is 0 Å². The van der Waals surface area contributed by atoms with Gasteiger partial charge in [-0.3, -0.25) is 9.69 Å². The summed E-state index contributed by atoms with van der Waals surface area (Å²) in [6, 6.07) is 0.742. The molecule has 4 heteroatoms. The maximum atomic E-state index is 11.6. The van der Waals surface area contributed by atoms with Gasteiger partial charge in [-0.1, -0.05) is 6.42 Å². The van der Waals surface area contributed by atoms with Crippen LogP contribution in [-0.4, -0.2) is 54.0 Å². The summed E-state index contributed by atoms with van der Waals surface area (Å²) in [5.41, 5.74) is 5.78. The highest BCUT2D eigenvalue weighted by atomic mass is 16.2. The second-order valence-electron chi connectivity index (χ2n) is 5.18. The number of piperidine rings is 1. The molecular formula is C12H23N3O. The van der Waals surface area contributed by atoms with Crippen molar-refractivity contribution in [3.63, 3.8) is 0 Å². The van der Waals surface area contributed by atoms with E-state index in [2.05, 4.69) is 11.8 Å². The first kappa shape index (κ1) is 11.9. The van der Waals surface area contributed by atoms with Gasteiger partial charge in [-0.05, 0) is 26.3 Å². The molecule has 0 spiro atoms. The van der Waals surface area contributed by atoms with Gasteiger partial charge < -0.3 is 10.6 Å². The molecule has 2 aliphatic rings. The predicted molar refractivity (Wildman–Crippen MR) is 64.1 cm³/mol. The van der Waals surface area contributed by atoms with E-state index in [4.69, 9.17) is 5.73 Å². The Morgan fingerprint density at radius 3 is 2.81 bits per heavy atom. The molecule has 2 saturated heterocycles. The van der Waals surface area contributed by atoms with Gasteiger partial charge in [0.15, 0.2) is 0 Å². The van der Waals surface area contributed by atoms with Crippen molar-refractivity contribution < 1.29 is 4.79 Å². The van der Waals surface area contributed by atoms with Gasteiger partial charge in [-0.25, -0.2) is 0 Å². The van der Waals surface area contributed by atoms with Crippen molar-refractivity contribution in [3.05, 3.63) is 0 Å². The molecule has 1 amide bonds. The Morgan fingerprint density at radius 1 is 1.38 bits per heavy atom. The Morgan fingerprint density at radius 2 is 2.19 bits per heavy atom. The largest absolute Gasteiger partial charge is 0.340 e. The van der Waals surface area contributed by atoms with Crippen LogP contribution in [0.15, 0.2) is 0 Å². The minimum Gasteiger partial charge on any atom is -0.340 e. The summed E-state index contributed by atoms with van der Waals surface area (Å²) in [5, 5.41) is 0. The van der Waals surface area contributed by atoms with E-state index in [0.717, 1.165) is 19.6 Å². The molecule has 0 aromatic carbocycles. The normalized spacial score (nSPS) is 32.4. The van der Waals surface area contributed by atoms with Crippen LogP contribution in [0.4, 0.5) is 0 Å². The van der Waals surface area contributed by atoms with E-state index in [0.29, 0.717) is 12.5 Å². The number of amides is 1. The molecule has 92 valence electrons. The Labute approximate surface area is 97.8 Å². The molecule has 2 N–H and O–H groups in total. The number of hydrogen-bond acceptors (Lipinski definition) is 3. The summed E-state index contributed by atoms with van der Waals surface area (Å²) in [5.74, 6) is 0.233. The average molecular weight is 225 g/mol. The van der Waals surface area contributed by atoms with Gasteiger partial charge in [0.1, 0.15) is 0 Å². The molecule has 0 bridgehead atoms. The SMILES string of the molecule is CC1CCCCN1CCN1CC(N)CC1=O. The average Bonchev–Trinajstić information content (AvgIpc) is 2.56. The number of rotatable bonds is 3. The van der Waals surface area contributed by atoms with Crippen molar-refractivity contribution in [2.75, 3.05) is 26.2 Å². The first-order chi connectivity index (χ1) is 7.66. The molecule has 2 heterocycles. The van der Waals surface area contributed by atoms with E-state index < -0.39 is 0 Å². The van der Waals surface area contributed by atoms with Crippen LogP contribution in [-0.2, 0) is 4.79 Å². The van der Waals surface area contributed by atoms with Crippen LogP contribution in [0.5, 0.6) is 0 Å². The monoisotopic (exact) mass is 225 g/mol. The summed E-state index contributed by atoms with van der Waals surface area (Å²) in [4.78, 5) is 16.0. The van der Waals surface area contributed by atoms with Crippen LogP contribution >= 0.6 is 0 Å². The summed E-state index contributed by atoms with van der Waals surface area (Å²) in [6.45, 7) is 6.10. The van der Waals surface area contributed by atoms with E-state index in [9.17, 15) is 4.79 Å². The minimum atomic E-state index is 0.0614. The van der Waals surface area contributed by atoms with Crippen LogP contribution in [0.1, 0.15) is 32.6 Å². The first-order valence-corrected chi connectivity index (χ1v) is 6.44. The third-order valence-electron chi connectivity index (χ3n) is 3.84. The van der Waals surface area contributed by atoms with Gasteiger partial charge in [0.25, 0.3) is 0 Å². The van der Waals surface area contributed by atoms with Crippen molar-refractivity contribution in [1.29, 1.82) is 0 Å². The maximum Gasteiger partial charge on any atom is 0.224 e. The van der Waals surface area contributed by atoms with E-state index in [1.54, 1.807) is 0 Å². The van der Waals surface area contributed by atoms with Gasteiger partial charge in [-0.2, -0.15) is 0 Å². The summed E-state index contributed by atoms with van der Waals surface area (Å²) in [7, 11) is 0. The van der Waals surface area contributed by atoms with Gasteiger partial charge >= 0.3 is 0 Å². The Balaban J connectivity index is 1.76. The molecule has 2 aliphatic heterocycles. The van der Waals surface area contributed by atoms with Crippen molar-refractivity contribution in [2.24, 2.45) is 5.73 Å². The third kappa shape index (κ3) is 2.74. The minimum absolute atomic E-state index is 0.0614. The van der Waals surface area contributed by atoms with Gasteiger partial charge in [0.05, 0.1) is 0 Å². The smallest absolute Gasteiger partial charge is 0.224 e. The van der Waals surface area contributed by atoms with E-state index >= 15 is 0 Å². The zero-order valence-electron chi connectivity index (χ0n) is 10.2. The fourth-order valence-electron chi connectivity index (χ4n) is 2.76. The Kier molecular flexibility index (Phi) is 3.82. The van der Waals surface area contributed by atoms with Crippen LogP contribution in [0, 0.1) is 0 Å². The molecule has 16 heavy (non-hydrogen) atoms. The summed E-state index contributed by atoms with van der Waals surface area (Å²) < 4.78 is 0. The lowest BCUT2D eigenvalue weighted by molar-refractivity contribution is -0.128. The van der Waals surface area contributed by atoms with E-state index in [1.807, 2.05) is 4.90 Å². The second kappa shape index (κ2) is 5.15. The van der Waals surface area contributed by atoms with Crippen LogP contribution in [0.3, 0.4) is 0 Å². The second-order valence-corrected chi connectivity index (χ2v) is 5.18.